The first-order valence-electron chi connectivity index (χ1n) is 8.01. The summed E-state index contributed by atoms with van der Waals surface area (Å²) in [5.74, 6) is 0. The minimum atomic E-state index is 1.10. The average Bonchev–Trinajstić information content (AvgIpc) is 2.39. The molecule has 0 atom stereocenters. The van der Waals surface area contributed by atoms with E-state index in [1.54, 1.807) is 0 Å². The van der Waals surface area contributed by atoms with Crippen LogP contribution in [0.15, 0.2) is 24.3 Å². The van der Waals surface area contributed by atoms with Crippen LogP contribution in [-0.4, -0.2) is 0 Å². The molecule has 0 aromatic carbocycles. The van der Waals surface area contributed by atoms with Crippen LogP contribution in [0.5, 0.6) is 0 Å². The fourth-order valence-electron chi connectivity index (χ4n) is 1.99. The van der Waals surface area contributed by atoms with Gasteiger partial charge in [-0.15, -0.1) is 0 Å². The summed E-state index contributed by atoms with van der Waals surface area (Å²) >= 11 is 0. The lowest BCUT2D eigenvalue weighted by Gasteiger charge is -1.97. The summed E-state index contributed by atoms with van der Waals surface area (Å²) in [7, 11) is 0. The molecule has 0 saturated heterocycles. The molecule has 0 aromatic rings. The van der Waals surface area contributed by atoms with Crippen molar-refractivity contribution >= 4 is 0 Å². The van der Waals surface area contributed by atoms with E-state index in [-0.39, 0.29) is 0 Å². The van der Waals surface area contributed by atoms with Crippen molar-refractivity contribution in [2.24, 2.45) is 0 Å². The van der Waals surface area contributed by atoms with Crippen LogP contribution in [0.2, 0.25) is 0 Å². The van der Waals surface area contributed by atoms with Gasteiger partial charge in [0.15, 0.2) is 0 Å². The molecule has 0 heterocycles. The highest BCUT2D eigenvalue weighted by molar-refractivity contribution is 4.92. The van der Waals surface area contributed by atoms with Crippen LogP contribution in [0.4, 0.5) is 0 Å². The summed E-state index contributed by atoms with van der Waals surface area (Å²) in [6.45, 7) is 6.12. The molecular weight excluding hydrogens is 216 g/mol. The predicted octanol–water partition coefficient (Wildman–Crippen LogP) is 6.63. The van der Waals surface area contributed by atoms with Crippen molar-refractivity contribution < 1.29 is 0 Å². The first kappa shape index (κ1) is 17.5. The van der Waals surface area contributed by atoms with E-state index in [4.69, 9.17) is 0 Å². The van der Waals surface area contributed by atoms with Gasteiger partial charge in [0.1, 0.15) is 0 Å². The molecule has 18 heavy (non-hydrogen) atoms. The minimum Gasteiger partial charge on any atom is -0.0882 e. The molecule has 0 N–H and O–H groups in total. The Morgan fingerprint density at radius 3 is 1.83 bits per heavy atom. The zero-order chi connectivity index (χ0) is 13.3. The van der Waals surface area contributed by atoms with Crippen LogP contribution < -0.4 is 0 Å². The molecule has 1 radical (unpaired) electrons. The van der Waals surface area contributed by atoms with Gasteiger partial charge in [-0.05, 0) is 32.1 Å². The number of rotatable bonds is 13. The van der Waals surface area contributed by atoms with Crippen LogP contribution in [0.25, 0.3) is 0 Å². The van der Waals surface area contributed by atoms with Crippen LogP contribution in [0, 0.1) is 6.92 Å². The molecule has 0 aromatic heterocycles. The molecule has 0 aliphatic carbocycles. The Labute approximate surface area is 116 Å². The second kappa shape index (κ2) is 16.5. The molecule has 0 aliphatic heterocycles. The topological polar surface area (TPSA) is 0 Å². The largest absolute Gasteiger partial charge is 0.0882 e. The fraction of sp³-hybridized carbons (Fsp3) is 0.722. The van der Waals surface area contributed by atoms with E-state index in [1.807, 2.05) is 0 Å². The molecule has 0 spiro atoms. The Bertz CT molecular complexity index is 188. The zero-order valence-corrected chi connectivity index (χ0v) is 12.5. The van der Waals surface area contributed by atoms with Gasteiger partial charge in [-0.1, -0.05) is 83.1 Å². The van der Waals surface area contributed by atoms with Crippen molar-refractivity contribution in [3.63, 3.8) is 0 Å². The minimum absolute atomic E-state index is 1.10. The van der Waals surface area contributed by atoms with Crippen molar-refractivity contribution in [3.05, 3.63) is 31.2 Å². The van der Waals surface area contributed by atoms with E-state index >= 15 is 0 Å². The molecule has 0 rings (SSSR count). The lowest BCUT2D eigenvalue weighted by molar-refractivity contribution is 0.621. The highest BCUT2D eigenvalue weighted by Gasteiger charge is 1.87. The number of hydrogen-bond acceptors (Lipinski definition) is 0. The SMILES string of the molecule is [CH2]CCCCCCC/C=C\CC=CCCCCC. The Morgan fingerprint density at radius 2 is 1.22 bits per heavy atom. The zero-order valence-electron chi connectivity index (χ0n) is 12.5. The fourth-order valence-corrected chi connectivity index (χ4v) is 1.99. The lowest BCUT2D eigenvalue weighted by atomic mass is 10.1. The molecule has 105 valence electrons. The first-order chi connectivity index (χ1) is 8.91. The normalized spacial score (nSPS) is 11.9. The van der Waals surface area contributed by atoms with E-state index < -0.39 is 0 Å². The van der Waals surface area contributed by atoms with E-state index in [2.05, 4.69) is 38.2 Å². The molecule has 0 fully saturated rings. The summed E-state index contributed by atoms with van der Waals surface area (Å²) < 4.78 is 0. The molecule has 0 nitrogen and oxygen atoms in total. The summed E-state index contributed by atoms with van der Waals surface area (Å²) in [5.41, 5.74) is 0. The second-order valence-electron chi connectivity index (χ2n) is 5.08. The van der Waals surface area contributed by atoms with Gasteiger partial charge in [0, 0.05) is 0 Å². The van der Waals surface area contributed by atoms with Crippen molar-refractivity contribution in [2.75, 3.05) is 0 Å². The quantitative estimate of drug-likeness (QED) is 0.254. The van der Waals surface area contributed by atoms with Crippen LogP contribution >= 0.6 is 0 Å². The van der Waals surface area contributed by atoms with Gasteiger partial charge in [0.05, 0.1) is 0 Å². The van der Waals surface area contributed by atoms with Crippen molar-refractivity contribution in [3.8, 4) is 0 Å². The molecule has 0 heteroatoms. The van der Waals surface area contributed by atoms with Crippen LogP contribution in [-0.2, 0) is 0 Å². The molecular formula is C18H33. The van der Waals surface area contributed by atoms with E-state index in [0.717, 1.165) is 12.8 Å². The smallest absolute Gasteiger partial charge is 0.0169 e. The average molecular weight is 249 g/mol. The molecule has 0 saturated carbocycles. The highest BCUT2D eigenvalue weighted by Crippen LogP contribution is 2.07. The maximum Gasteiger partial charge on any atom is -0.0169 e. The monoisotopic (exact) mass is 249 g/mol. The van der Waals surface area contributed by atoms with Gasteiger partial charge in [-0.25, -0.2) is 0 Å². The van der Waals surface area contributed by atoms with Crippen molar-refractivity contribution in [1.82, 2.24) is 0 Å². The Morgan fingerprint density at radius 1 is 0.667 bits per heavy atom. The van der Waals surface area contributed by atoms with Gasteiger partial charge in [0.2, 0.25) is 0 Å². The number of unbranched alkanes of at least 4 members (excludes halogenated alkanes) is 9. The molecule has 0 amide bonds. The molecule has 0 bridgehead atoms. The summed E-state index contributed by atoms with van der Waals surface area (Å²) in [4.78, 5) is 0. The Hall–Kier alpha value is -0.520. The maximum absolute atomic E-state index is 3.87. The second-order valence-corrected chi connectivity index (χ2v) is 5.08. The van der Waals surface area contributed by atoms with Gasteiger partial charge in [-0.3, -0.25) is 0 Å². The third-order valence-electron chi connectivity index (χ3n) is 3.20. The Kier molecular flexibility index (Phi) is 16.0. The van der Waals surface area contributed by atoms with Crippen LogP contribution in [0.1, 0.15) is 84.0 Å². The molecule has 0 aliphatic rings. The third-order valence-corrected chi connectivity index (χ3v) is 3.20. The molecule has 0 unspecified atom stereocenters. The lowest BCUT2D eigenvalue weighted by Crippen LogP contribution is -1.77. The summed E-state index contributed by atoms with van der Waals surface area (Å²) in [5, 5.41) is 0. The highest BCUT2D eigenvalue weighted by atomic mass is 13.9. The van der Waals surface area contributed by atoms with Gasteiger partial charge >= 0.3 is 0 Å². The van der Waals surface area contributed by atoms with Crippen LogP contribution in [0.3, 0.4) is 0 Å². The van der Waals surface area contributed by atoms with E-state index in [1.165, 1.54) is 64.2 Å². The first-order valence-corrected chi connectivity index (χ1v) is 8.01. The van der Waals surface area contributed by atoms with E-state index in [0.29, 0.717) is 0 Å². The van der Waals surface area contributed by atoms with Gasteiger partial charge in [-0.2, -0.15) is 0 Å². The summed E-state index contributed by atoms with van der Waals surface area (Å²) in [6.07, 6.45) is 24.9. The third kappa shape index (κ3) is 15.5. The van der Waals surface area contributed by atoms with E-state index in [9.17, 15) is 0 Å². The standard InChI is InChI=1S/C18H33/c1-3-5-7-9-11-13-15-17-18-16-14-12-10-8-6-4-2/h12,14,17-18H,1,3-11,13,15-16H2,2H3/b14-12?,18-17-. The van der Waals surface area contributed by atoms with Crippen molar-refractivity contribution in [1.29, 1.82) is 0 Å². The number of hydrogen-bond donors (Lipinski definition) is 0. The van der Waals surface area contributed by atoms with Crippen molar-refractivity contribution in [2.45, 2.75) is 84.0 Å². The predicted molar refractivity (Wildman–Crippen MR) is 84.7 cm³/mol. The van der Waals surface area contributed by atoms with Gasteiger partial charge < -0.3 is 0 Å². The maximum atomic E-state index is 3.87. The Balaban J connectivity index is 3.13. The number of allylic oxidation sites excluding steroid dienone is 4. The summed E-state index contributed by atoms with van der Waals surface area (Å²) in [6, 6.07) is 0. The van der Waals surface area contributed by atoms with Gasteiger partial charge in [0.25, 0.3) is 0 Å².